The number of rotatable bonds is 10. The summed E-state index contributed by atoms with van der Waals surface area (Å²) in [5, 5.41) is 19.2. The topological polar surface area (TPSA) is 84.7 Å². The Morgan fingerprint density at radius 1 is 1.12 bits per heavy atom. The van der Waals surface area contributed by atoms with Gasteiger partial charge in [-0.2, -0.15) is 0 Å². The molecule has 1 fully saturated rings. The number of carbonyl (C=O) groups is 1. The van der Waals surface area contributed by atoms with Crippen molar-refractivity contribution in [3.8, 4) is 0 Å². The molecule has 1 aliphatic rings. The van der Waals surface area contributed by atoms with Crippen LogP contribution in [0.5, 0.6) is 0 Å². The summed E-state index contributed by atoms with van der Waals surface area (Å²) in [5.41, 5.74) is 0.472. The Kier molecular flexibility index (Phi) is 7.09. The molecule has 33 heavy (non-hydrogen) atoms. The number of benzene rings is 2. The monoisotopic (exact) mass is 468 g/mol. The van der Waals surface area contributed by atoms with Crippen LogP contribution in [-0.4, -0.2) is 43.4 Å². The molecule has 0 bridgehead atoms. The second-order valence-corrected chi connectivity index (χ2v) is 9.83. The molecule has 174 valence electrons. The predicted octanol–water partition coefficient (Wildman–Crippen LogP) is 3.90. The second kappa shape index (κ2) is 10.0. The molecule has 1 amide bonds. The van der Waals surface area contributed by atoms with Gasteiger partial charge in [-0.1, -0.05) is 30.3 Å². The Bertz CT molecular complexity index is 1070. The normalized spacial score (nSPS) is 16.4. The molecule has 3 aromatic rings. The van der Waals surface area contributed by atoms with Crippen molar-refractivity contribution in [2.45, 2.75) is 62.2 Å². The fourth-order valence-electron chi connectivity index (χ4n) is 3.77. The third kappa shape index (κ3) is 5.59. The lowest BCUT2D eigenvalue weighted by Crippen LogP contribution is -2.50. The average molecular weight is 469 g/mol. The molecule has 2 atom stereocenters. The van der Waals surface area contributed by atoms with Gasteiger partial charge in [0, 0.05) is 16.7 Å². The van der Waals surface area contributed by atoms with Gasteiger partial charge in [0.05, 0.1) is 17.6 Å². The lowest BCUT2D eigenvalue weighted by molar-refractivity contribution is -0.124. The quantitative estimate of drug-likeness (QED) is 0.439. The number of carbonyl (C=O) groups excluding carboxylic acids is 1. The Morgan fingerprint density at radius 3 is 2.45 bits per heavy atom. The lowest BCUT2D eigenvalue weighted by Gasteiger charge is -2.26. The molecule has 1 aliphatic carbocycles. The summed E-state index contributed by atoms with van der Waals surface area (Å²) in [6.07, 6.45) is 1.53. The minimum Gasteiger partial charge on any atom is -0.352 e. The summed E-state index contributed by atoms with van der Waals surface area (Å²) >= 11 is 1.58. The van der Waals surface area contributed by atoms with Crippen LogP contribution in [0.15, 0.2) is 59.5 Å². The van der Waals surface area contributed by atoms with Gasteiger partial charge in [-0.15, -0.1) is 16.9 Å². The maximum Gasteiger partial charge on any atom is 0.240 e. The van der Waals surface area contributed by atoms with E-state index in [1.807, 2.05) is 48.9 Å². The van der Waals surface area contributed by atoms with Crippen LogP contribution in [0.3, 0.4) is 0 Å². The second-order valence-electron chi connectivity index (χ2n) is 8.74. The van der Waals surface area contributed by atoms with Gasteiger partial charge in [0.1, 0.15) is 5.82 Å². The third-order valence-electron chi connectivity index (χ3n) is 5.76. The summed E-state index contributed by atoms with van der Waals surface area (Å²) in [6.45, 7) is 5.97. The molecule has 0 radical (unpaired) electrons. The van der Waals surface area contributed by atoms with Gasteiger partial charge in [-0.25, -0.2) is 9.07 Å². The molecule has 0 aliphatic heterocycles. The van der Waals surface area contributed by atoms with E-state index in [1.54, 1.807) is 23.9 Å². The molecule has 1 heterocycles. The number of nitrogens with one attached hydrogen (secondary N) is 2. The summed E-state index contributed by atoms with van der Waals surface area (Å²) in [7, 11) is 0. The molecule has 1 aromatic heterocycles. The number of aromatic nitrogens is 4. The predicted molar refractivity (Wildman–Crippen MR) is 126 cm³/mol. The molecular weight excluding hydrogens is 439 g/mol. The molecule has 2 unspecified atom stereocenters. The standard InChI is InChI=1S/C24H29FN6OS/c1-16(2)26-23(32)24(13-14-24)27-21(15-33-20-11-9-19(25)10-12-20)22-28-29-30-31(22)17(3)18-7-5-4-6-8-18/h4-12,16-17,21,27H,13-15H2,1-3H3,(H,26,32). The van der Waals surface area contributed by atoms with Crippen molar-refractivity contribution in [2.24, 2.45) is 0 Å². The minimum absolute atomic E-state index is 0.00409. The number of hydrogen-bond donors (Lipinski definition) is 2. The smallest absolute Gasteiger partial charge is 0.240 e. The maximum absolute atomic E-state index is 13.3. The van der Waals surface area contributed by atoms with Gasteiger partial charge in [0.2, 0.25) is 5.91 Å². The summed E-state index contributed by atoms with van der Waals surface area (Å²) in [5.74, 6) is 0.996. The van der Waals surface area contributed by atoms with Gasteiger partial charge in [-0.05, 0) is 73.9 Å². The highest BCUT2D eigenvalue weighted by molar-refractivity contribution is 7.99. The first kappa shape index (κ1) is 23.4. The molecule has 7 nitrogen and oxygen atoms in total. The van der Waals surface area contributed by atoms with Crippen LogP contribution >= 0.6 is 11.8 Å². The molecule has 4 rings (SSSR count). The summed E-state index contributed by atoms with van der Waals surface area (Å²) in [6, 6.07) is 16.2. The first-order chi connectivity index (χ1) is 15.9. The van der Waals surface area contributed by atoms with Crippen LogP contribution in [0, 0.1) is 5.82 Å². The SMILES string of the molecule is CC(C)NC(=O)C1(NC(CSc2ccc(F)cc2)c2nnnn2C(C)c2ccccc2)CC1. The van der Waals surface area contributed by atoms with Crippen molar-refractivity contribution in [1.29, 1.82) is 0 Å². The zero-order valence-corrected chi connectivity index (χ0v) is 19.8. The Hall–Kier alpha value is -2.78. The number of tetrazole rings is 1. The van der Waals surface area contributed by atoms with Crippen LogP contribution in [0.1, 0.15) is 57.1 Å². The zero-order valence-electron chi connectivity index (χ0n) is 19.0. The Morgan fingerprint density at radius 2 is 1.82 bits per heavy atom. The van der Waals surface area contributed by atoms with Crippen molar-refractivity contribution < 1.29 is 9.18 Å². The number of thioether (sulfide) groups is 1. The number of amides is 1. The van der Waals surface area contributed by atoms with Gasteiger partial charge >= 0.3 is 0 Å². The van der Waals surface area contributed by atoms with Gasteiger partial charge < -0.3 is 5.32 Å². The van der Waals surface area contributed by atoms with Crippen LogP contribution in [0.4, 0.5) is 4.39 Å². The number of halogens is 1. The highest BCUT2D eigenvalue weighted by Gasteiger charge is 2.51. The fraction of sp³-hybridized carbons (Fsp3) is 0.417. The molecule has 0 spiro atoms. The number of hydrogen-bond acceptors (Lipinski definition) is 6. The van der Waals surface area contributed by atoms with Crippen LogP contribution in [-0.2, 0) is 4.79 Å². The molecule has 2 aromatic carbocycles. The van der Waals surface area contributed by atoms with Crippen LogP contribution in [0.2, 0.25) is 0 Å². The van der Waals surface area contributed by atoms with Gasteiger partial charge in [0.25, 0.3) is 0 Å². The fourth-order valence-corrected chi connectivity index (χ4v) is 4.69. The van der Waals surface area contributed by atoms with E-state index in [4.69, 9.17) is 0 Å². The van der Waals surface area contributed by atoms with E-state index in [0.717, 1.165) is 23.3 Å². The summed E-state index contributed by atoms with van der Waals surface area (Å²) < 4.78 is 15.2. The van der Waals surface area contributed by atoms with E-state index in [1.165, 1.54) is 12.1 Å². The van der Waals surface area contributed by atoms with E-state index in [2.05, 4.69) is 33.1 Å². The van der Waals surface area contributed by atoms with Crippen molar-refractivity contribution in [2.75, 3.05) is 5.75 Å². The van der Waals surface area contributed by atoms with Crippen molar-refractivity contribution in [3.05, 3.63) is 71.8 Å². The molecule has 2 N–H and O–H groups in total. The van der Waals surface area contributed by atoms with E-state index >= 15 is 0 Å². The third-order valence-corrected chi connectivity index (χ3v) is 6.87. The van der Waals surface area contributed by atoms with E-state index in [9.17, 15) is 9.18 Å². The Balaban J connectivity index is 1.60. The first-order valence-corrected chi connectivity index (χ1v) is 12.2. The Labute approximate surface area is 197 Å². The average Bonchev–Trinajstić information content (AvgIpc) is 3.44. The van der Waals surface area contributed by atoms with Gasteiger partial charge in [0.15, 0.2) is 5.82 Å². The zero-order chi connectivity index (χ0) is 23.4. The molecular formula is C24H29FN6OS. The number of nitrogens with zero attached hydrogens (tertiary/aromatic N) is 4. The van der Waals surface area contributed by atoms with Crippen LogP contribution in [0.25, 0.3) is 0 Å². The van der Waals surface area contributed by atoms with Crippen molar-refractivity contribution >= 4 is 17.7 Å². The van der Waals surface area contributed by atoms with E-state index in [-0.39, 0.29) is 29.8 Å². The maximum atomic E-state index is 13.3. The van der Waals surface area contributed by atoms with E-state index in [0.29, 0.717) is 11.6 Å². The van der Waals surface area contributed by atoms with Crippen LogP contribution < -0.4 is 10.6 Å². The highest BCUT2D eigenvalue weighted by Crippen LogP contribution is 2.39. The summed E-state index contributed by atoms with van der Waals surface area (Å²) in [4.78, 5) is 13.9. The van der Waals surface area contributed by atoms with Crippen molar-refractivity contribution in [1.82, 2.24) is 30.8 Å². The molecule has 9 heteroatoms. The molecule has 1 saturated carbocycles. The van der Waals surface area contributed by atoms with Crippen molar-refractivity contribution in [3.63, 3.8) is 0 Å². The van der Waals surface area contributed by atoms with E-state index < -0.39 is 5.54 Å². The highest BCUT2D eigenvalue weighted by atomic mass is 32.2. The van der Waals surface area contributed by atoms with Gasteiger partial charge in [-0.3, -0.25) is 10.1 Å². The molecule has 0 saturated heterocycles. The largest absolute Gasteiger partial charge is 0.352 e. The minimum atomic E-state index is -0.620. The first-order valence-electron chi connectivity index (χ1n) is 11.2. The lowest BCUT2D eigenvalue weighted by atomic mass is 10.1.